The van der Waals surface area contributed by atoms with Crippen LogP contribution in [0, 0.1) is 0 Å². The minimum atomic E-state index is 0.227. The summed E-state index contributed by atoms with van der Waals surface area (Å²) in [5.41, 5.74) is 0.227. The second-order valence-electron chi connectivity index (χ2n) is 5.34. The number of nitrogens with one attached hydrogen (secondary N) is 1. The van der Waals surface area contributed by atoms with Gasteiger partial charge >= 0.3 is 0 Å². The zero-order chi connectivity index (χ0) is 11.6. The molecule has 1 heterocycles. The van der Waals surface area contributed by atoms with E-state index in [1.807, 2.05) is 11.8 Å². The lowest BCUT2D eigenvalue weighted by Gasteiger charge is -2.18. The van der Waals surface area contributed by atoms with Crippen LogP contribution in [-0.4, -0.2) is 47.0 Å². The summed E-state index contributed by atoms with van der Waals surface area (Å²) in [6.45, 7) is 9.93. The number of thioether (sulfide) groups is 1. The van der Waals surface area contributed by atoms with Crippen LogP contribution in [0.2, 0.25) is 0 Å². The van der Waals surface area contributed by atoms with Crippen molar-refractivity contribution < 1.29 is 0 Å². The van der Waals surface area contributed by atoms with Crippen molar-refractivity contribution in [3.8, 4) is 0 Å². The van der Waals surface area contributed by atoms with Gasteiger partial charge in [-0.15, -0.1) is 0 Å². The van der Waals surface area contributed by atoms with E-state index >= 15 is 0 Å². The molecule has 4 heteroatoms. The van der Waals surface area contributed by atoms with Gasteiger partial charge in [0, 0.05) is 23.9 Å². The summed E-state index contributed by atoms with van der Waals surface area (Å²) in [6, 6.07) is 0.867. The molecule has 0 unspecified atom stereocenters. The van der Waals surface area contributed by atoms with E-state index in [1.165, 1.54) is 19.4 Å². The number of nitrogens with zero attached hydrogens (tertiary/aromatic N) is 2. The summed E-state index contributed by atoms with van der Waals surface area (Å²) < 4.78 is 0. The Bertz CT molecular complexity index is 271. The number of hydrogen-bond donors (Lipinski definition) is 1. The summed E-state index contributed by atoms with van der Waals surface area (Å²) in [5, 5.41) is 4.60. The SMILES string of the molecule is CCN(CCN=C1NC(C)(C)CS1)C1CC1. The molecule has 0 spiro atoms. The molecule has 2 fully saturated rings. The van der Waals surface area contributed by atoms with Crippen LogP contribution in [-0.2, 0) is 0 Å². The smallest absolute Gasteiger partial charge is 0.157 e. The average molecular weight is 241 g/mol. The van der Waals surface area contributed by atoms with Gasteiger partial charge in [0.05, 0.1) is 6.54 Å². The topological polar surface area (TPSA) is 27.6 Å². The van der Waals surface area contributed by atoms with Gasteiger partial charge in [-0.3, -0.25) is 9.89 Å². The second-order valence-corrected chi connectivity index (χ2v) is 6.31. The lowest BCUT2D eigenvalue weighted by molar-refractivity contribution is 0.286. The van der Waals surface area contributed by atoms with Crippen molar-refractivity contribution >= 4 is 16.9 Å². The van der Waals surface area contributed by atoms with E-state index in [1.54, 1.807) is 0 Å². The Morgan fingerprint density at radius 3 is 2.75 bits per heavy atom. The molecule has 16 heavy (non-hydrogen) atoms. The highest BCUT2D eigenvalue weighted by Gasteiger charge is 2.28. The van der Waals surface area contributed by atoms with Crippen molar-refractivity contribution in [1.29, 1.82) is 0 Å². The van der Waals surface area contributed by atoms with E-state index in [9.17, 15) is 0 Å². The van der Waals surface area contributed by atoms with Crippen molar-refractivity contribution in [1.82, 2.24) is 10.2 Å². The third-order valence-electron chi connectivity index (χ3n) is 3.13. The molecule has 1 N–H and O–H groups in total. The number of aliphatic imine (C=N–C) groups is 1. The fourth-order valence-electron chi connectivity index (χ4n) is 2.01. The molecule has 0 aromatic rings. The maximum absolute atomic E-state index is 4.64. The summed E-state index contributed by atoms with van der Waals surface area (Å²) >= 11 is 1.85. The van der Waals surface area contributed by atoms with E-state index in [0.717, 1.165) is 30.1 Å². The average Bonchev–Trinajstić information content (AvgIpc) is 2.99. The summed E-state index contributed by atoms with van der Waals surface area (Å²) in [7, 11) is 0. The minimum absolute atomic E-state index is 0.227. The van der Waals surface area contributed by atoms with Gasteiger partial charge in [-0.25, -0.2) is 0 Å². The lowest BCUT2D eigenvalue weighted by Crippen LogP contribution is -2.37. The van der Waals surface area contributed by atoms with E-state index < -0.39 is 0 Å². The molecule has 0 amide bonds. The molecular formula is C12H23N3S. The van der Waals surface area contributed by atoms with Crippen LogP contribution in [0.15, 0.2) is 4.99 Å². The highest BCUT2D eigenvalue weighted by atomic mass is 32.2. The van der Waals surface area contributed by atoms with E-state index in [-0.39, 0.29) is 5.54 Å². The molecule has 2 aliphatic rings. The van der Waals surface area contributed by atoms with Crippen molar-refractivity contribution in [2.45, 2.75) is 45.2 Å². The van der Waals surface area contributed by atoms with Crippen LogP contribution in [0.5, 0.6) is 0 Å². The van der Waals surface area contributed by atoms with E-state index in [4.69, 9.17) is 0 Å². The molecule has 1 saturated carbocycles. The zero-order valence-corrected chi connectivity index (χ0v) is 11.4. The third kappa shape index (κ3) is 3.39. The van der Waals surface area contributed by atoms with Gasteiger partial charge in [-0.1, -0.05) is 18.7 Å². The first-order valence-electron chi connectivity index (χ1n) is 6.30. The molecule has 0 atom stereocenters. The van der Waals surface area contributed by atoms with E-state index in [2.05, 4.69) is 36.0 Å². The van der Waals surface area contributed by atoms with E-state index in [0.29, 0.717) is 0 Å². The highest BCUT2D eigenvalue weighted by Crippen LogP contribution is 2.26. The van der Waals surface area contributed by atoms with Crippen LogP contribution in [0.25, 0.3) is 0 Å². The Hall–Kier alpha value is -0.220. The minimum Gasteiger partial charge on any atom is -0.359 e. The number of hydrogen-bond acceptors (Lipinski definition) is 3. The predicted molar refractivity (Wildman–Crippen MR) is 72.2 cm³/mol. The molecule has 0 bridgehead atoms. The molecule has 2 rings (SSSR count). The van der Waals surface area contributed by atoms with Gasteiger partial charge in [0.25, 0.3) is 0 Å². The Balaban J connectivity index is 1.72. The molecule has 0 aromatic carbocycles. The Morgan fingerprint density at radius 2 is 2.25 bits per heavy atom. The summed E-state index contributed by atoms with van der Waals surface area (Å²) in [4.78, 5) is 7.19. The van der Waals surface area contributed by atoms with Gasteiger partial charge in [0.15, 0.2) is 5.17 Å². The largest absolute Gasteiger partial charge is 0.359 e. The monoisotopic (exact) mass is 241 g/mol. The van der Waals surface area contributed by atoms with Crippen molar-refractivity contribution in [3.05, 3.63) is 0 Å². The lowest BCUT2D eigenvalue weighted by atomic mass is 10.1. The van der Waals surface area contributed by atoms with Crippen molar-refractivity contribution in [3.63, 3.8) is 0 Å². The van der Waals surface area contributed by atoms with Gasteiger partial charge < -0.3 is 5.32 Å². The zero-order valence-electron chi connectivity index (χ0n) is 10.6. The predicted octanol–water partition coefficient (Wildman–Crippen LogP) is 1.94. The first-order chi connectivity index (χ1) is 7.61. The molecular weight excluding hydrogens is 218 g/mol. The fraction of sp³-hybridized carbons (Fsp3) is 0.917. The standard InChI is InChI=1S/C12H23N3S/c1-4-15(10-5-6-10)8-7-13-11-14-12(2,3)9-16-11/h10H,4-9H2,1-3H3,(H,13,14). The van der Waals surface area contributed by atoms with Gasteiger partial charge in [0.2, 0.25) is 0 Å². The Morgan fingerprint density at radius 1 is 1.50 bits per heavy atom. The Labute approximate surface area is 103 Å². The van der Waals surface area contributed by atoms with Crippen LogP contribution < -0.4 is 5.32 Å². The number of likely N-dealkylation sites (N-methyl/N-ethyl adjacent to an activating group) is 1. The van der Waals surface area contributed by atoms with Gasteiger partial charge in [0.1, 0.15) is 0 Å². The maximum Gasteiger partial charge on any atom is 0.157 e. The molecule has 1 aliphatic carbocycles. The van der Waals surface area contributed by atoms with Crippen LogP contribution in [0.3, 0.4) is 0 Å². The van der Waals surface area contributed by atoms with Gasteiger partial charge in [-0.05, 0) is 33.2 Å². The number of rotatable bonds is 5. The second kappa shape index (κ2) is 4.96. The Kier molecular flexibility index (Phi) is 3.80. The number of amidine groups is 1. The molecule has 1 aliphatic heterocycles. The van der Waals surface area contributed by atoms with Crippen molar-refractivity contribution in [2.24, 2.45) is 4.99 Å². The van der Waals surface area contributed by atoms with Gasteiger partial charge in [-0.2, -0.15) is 0 Å². The van der Waals surface area contributed by atoms with Crippen LogP contribution in [0.1, 0.15) is 33.6 Å². The van der Waals surface area contributed by atoms with Crippen LogP contribution in [0.4, 0.5) is 0 Å². The quantitative estimate of drug-likeness (QED) is 0.797. The van der Waals surface area contributed by atoms with Crippen LogP contribution >= 0.6 is 11.8 Å². The molecule has 3 nitrogen and oxygen atoms in total. The normalized spacial score (nSPS) is 26.4. The molecule has 1 saturated heterocycles. The molecule has 92 valence electrons. The first kappa shape index (κ1) is 12.2. The highest BCUT2D eigenvalue weighted by molar-refractivity contribution is 8.14. The van der Waals surface area contributed by atoms with Crippen molar-refractivity contribution in [2.75, 3.05) is 25.4 Å². The third-order valence-corrected chi connectivity index (χ3v) is 4.50. The summed E-state index contributed by atoms with van der Waals surface area (Å²) in [5.74, 6) is 1.13. The first-order valence-corrected chi connectivity index (χ1v) is 7.29. The summed E-state index contributed by atoms with van der Waals surface area (Å²) in [6.07, 6.45) is 2.79. The molecule has 0 aromatic heterocycles. The maximum atomic E-state index is 4.64. The fourth-order valence-corrected chi connectivity index (χ4v) is 3.11. The molecule has 0 radical (unpaired) electrons.